The van der Waals surface area contributed by atoms with Crippen LogP contribution >= 0.6 is 0 Å². The quantitative estimate of drug-likeness (QED) is 0.602. The third-order valence-corrected chi connectivity index (χ3v) is 5.62. The van der Waals surface area contributed by atoms with Crippen LogP contribution in [0.25, 0.3) is 22.2 Å². The van der Waals surface area contributed by atoms with Crippen molar-refractivity contribution >= 4 is 22.1 Å². The zero-order valence-electron chi connectivity index (χ0n) is 18.1. The molecule has 3 aromatic rings. The molecule has 0 aliphatic rings. The number of nitrogens with one attached hydrogen (secondary N) is 1. The molecule has 10 heteroatoms. The number of rotatable bonds is 6. The van der Waals surface area contributed by atoms with Gasteiger partial charge in [0.25, 0.3) is 0 Å². The molecule has 2 heterocycles. The Bertz CT molecular complexity index is 1100. The Balaban J connectivity index is 2.11. The average Bonchev–Trinajstić information content (AvgIpc) is 3.00. The summed E-state index contributed by atoms with van der Waals surface area (Å²) in [6.45, 7) is 7.29. The molecule has 3 rings (SSSR count). The summed E-state index contributed by atoms with van der Waals surface area (Å²) in [6.07, 6.45) is -0.338. The van der Waals surface area contributed by atoms with Gasteiger partial charge in [-0.05, 0) is 17.0 Å². The average molecular weight is 454 g/mol. The fourth-order valence-electron chi connectivity index (χ4n) is 3.32. The van der Waals surface area contributed by atoms with Crippen LogP contribution < -0.4 is 4.72 Å². The van der Waals surface area contributed by atoms with Gasteiger partial charge < -0.3 is 4.57 Å². The van der Waals surface area contributed by atoms with Gasteiger partial charge in [0, 0.05) is 62.2 Å². The van der Waals surface area contributed by atoms with E-state index in [1.54, 1.807) is 36.6 Å². The molecule has 0 aliphatic heterocycles. The van der Waals surface area contributed by atoms with Gasteiger partial charge in [0.15, 0.2) is 16.9 Å². The number of aromatic nitrogens is 3. The smallest absolute Gasteiger partial charge is 0.347 e. The van der Waals surface area contributed by atoms with E-state index >= 15 is 0 Å². The predicted molar refractivity (Wildman–Crippen MR) is 116 cm³/mol. The summed E-state index contributed by atoms with van der Waals surface area (Å²) >= 11 is -1.34. The van der Waals surface area contributed by atoms with Crippen molar-refractivity contribution in [2.75, 3.05) is 14.1 Å². The summed E-state index contributed by atoms with van der Waals surface area (Å²) in [4.78, 5) is 7.48. The molecule has 1 aromatic carbocycles. The first-order valence-corrected chi connectivity index (χ1v) is 10.8. The first kappa shape index (κ1) is 23.4. The maximum Gasteiger partial charge on any atom is 0.435 e. The van der Waals surface area contributed by atoms with E-state index < -0.39 is 23.0 Å². The molecule has 0 spiro atoms. The zero-order valence-corrected chi connectivity index (χ0v) is 18.9. The third-order valence-electron chi connectivity index (χ3n) is 4.57. The minimum atomic E-state index is -4.60. The lowest BCUT2D eigenvalue weighted by atomic mass is 9.97. The highest BCUT2D eigenvalue weighted by Gasteiger charge is 2.36. The standard InChI is InChI=1S/C21H26F3N5OS/c1-20(2,3)13-29-12-15(11-27-31(30)28(4)5)16-7-6-14(10-17(16)29)18-19(21(22,23)24)26-9-8-25-18/h6-10,12,27H,11,13H2,1-5H3. The van der Waals surface area contributed by atoms with Crippen LogP contribution in [0.4, 0.5) is 13.2 Å². The van der Waals surface area contributed by atoms with Crippen molar-refractivity contribution in [2.45, 2.75) is 40.0 Å². The van der Waals surface area contributed by atoms with Crippen molar-refractivity contribution in [3.63, 3.8) is 0 Å². The molecule has 0 fully saturated rings. The number of hydrogen-bond donors (Lipinski definition) is 1. The van der Waals surface area contributed by atoms with Gasteiger partial charge in [-0.2, -0.15) is 13.2 Å². The van der Waals surface area contributed by atoms with Crippen molar-refractivity contribution in [1.29, 1.82) is 0 Å². The van der Waals surface area contributed by atoms with E-state index in [-0.39, 0.29) is 11.1 Å². The Morgan fingerprint density at radius 1 is 1.13 bits per heavy atom. The molecular formula is C21H26F3N5OS. The Labute approximate surface area is 182 Å². The molecule has 0 saturated heterocycles. The number of hydrogen-bond acceptors (Lipinski definition) is 3. The summed E-state index contributed by atoms with van der Waals surface area (Å²) < 4.78 is 58.9. The first-order valence-electron chi connectivity index (χ1n) is 9.70. The monoisotopic (exact) mass is 453 g/mol. The Hall–Kier alpha value is -2.30. The van der Waals surface area contributed by atoms with Gasteiger partial charge in [-0.25, -0.2) is 18.2 Å². The lowest BCUT2D eigenvalue weighted by Crippen LogP contribution is -2.28. The molecule has 1 N–H and O–H groups in total. The largest absolute Gasteiger partial charge is 0.435 e. The van der Waals surface area contributed by atoms with Crippen molar-refractivity contribution in [1.82, 2.24) is 23.6 Å². The van der Waals surface area contributed by atoms with Crippen molar-refractivity contribution in [2.24, 2.45) is 5.41 Å². The second kappa shape index (κ2) is 8.68. The van der Waals surface area contributed by atoms with Crippen LogP contribution in [0, 0.1) is 5.41 Å². The minimum absolute atomic E-state index is 0.0528. The van der Waals surface area contributed by atoms with Gasteiger partial charge >= 0.3 is 6.18 Å². The van der Waals surface area contributed by atoms with Gasteiger partial charge in [0.2, 0.25) is 0 Å². The van der Waals surface area contributed by atoms with Crippen LogP contribution in [-0.2, 0) is 30.4 Å². The van der Waals surface area contributed by atoms with E-state index in [2.05, 4.69) is 35.5 Å². The highest BCUT2D eigenvalue weighted by molar-refractivity contribution is 7.80. The molecule has 6 nitrogen and oxygen atoms in total. The number of fused-ring (bicyclic) bond motifs is 1. The van der Waals surface area contributed by atoms with Gasteiger partial charge in [-0.3, -0.25) is 4.98 Å². The molecule has 0 amide bonds. The van der Waals surface area contributed by atoms with E-state index in [1.807, 2.05) is 10.8 Å². The number of halogens is 3. The molecule has 2 aromatic heterocycles. The molecule has 31 heavy (non-hydrogen) atoms. The first-order chi connectivity index (χ1) is 14.4. The van der Waals surface area contributed by atoms with Gasteiger partial charge in [0.1, 0.15) is 5.69 Å². The Kier molecular flexibility index (Phi) is 6.54. The Morgan fingerprint density at radius 2 is 1.81 bits per heavy atom. The van der Waals surface area contributed by atoms with Crippen LogP contribution in [0.3, 0.4) is 0 Å². The SMILES string of the molecule is CN(C)S(=O)NCc1cn(CC(C)(C)C)c2cc(-c3nccnc3C(F)(F)F)ccc12. The normalized spacial score (nSPS) is 13.8. The maximum atomic E-state index is 13.4. The fraction of sp³-hybridized carbons (Fsp3) is 0.429. The topological polar surface area (TPSA) is 63.1 Å². The summed E-state index contributed by atoms with van der Waals surface area (Å²) in [5, 5.41) is 0.883. The highest BCUT2D eigenvalue weighted by Crippen LogP contribution is 2.36. The van der Waals surface area contributed by atoms with Gasteiger partial charge in [-0.15, -0.1) is 0 Å². The second-order valence-electron chi connectivity index (χ2n) is 8.71. The van der Waals surface area contributed by atoms with Gasteiger partial charge in [-0.1, -0.05) is 32.9 Å². The number of nitrogens with zero attached hydrogens (tertiary/aromatic N) is 4. The van der Waals surface area contributed by atoms with Crippen molar-refractivity contribution in [3.05, 3.63) is 48.0 Å². The van der Waals surface area contributed by atoms with Gasteiger partial charge in [0.05, 0.1) is 0 Å². The molecule has 0 radical (unpaired) electrons. The van der Waals surface area contributed by atoms with Crippen LogP contribution in [0.15, 0.2) is 36.8 Å². The van der Waals surface area contributed by atoms with E-state index in [0.717, 1.165) is 22.7 Å². The lowest BCUT2D eigenvalue weighted by molar-refractivity contribution is -0.140. The summed E-state index contributed by atoms with van der Waals surface area (Å²) in [6, 6.07) is 5.12. The van der Waals surface area contributed by atoms with Crippen LogP contribution in [0.1, 0.15) is 32.0 Å². The molecule has 1 atom stereocenters. The zero-order chi connectivity index (χ0) is 23.0. The molecular weight excluding hydrogens is 427 g/mol. The van der Waals surface area contributed by atoms with Crippen LogP contribution in [0.5, 0.6) is 0 Å². The van der Waals surface area contributed by atoms with Crippen LogP contribution in [-0.4, -0.2) is 37.1 Å². The van der Waals surface area contributed by atoms with Crippen molar-refractivity contribution < 1.29 is 17.4 Å². The fourth-order valence-corrected chi connectivity index (χ4v) is 3.86. The van der Waals surface area contributed by atoms with E-state index in [1.165, 1.54) is 6.20 Å². The van der Waals surface area contributed by atoms with E-state index in [9.17, 15) is 17.4 Å². The maximum absolute atomic E-state index is 13.4. The lowest BCUT2D eigenvalue weighted by Gasteiger charge is -2.20. The van der Waals surface area contributed by atoms with Crippen molar-refractivity contribution in [3.8, 4) is 11.3 Å². The minimum Gasteiger partial charge on any atom is -0.347 e. The second-order valence-corrected chi connectivity index (χ2v) is 10.2. The Morgan fingerprint density at radius 3 is 2.42 bits per heavy atom. The summed E-state index contributed by atoms with van der Waals surface area (Å²) in [7, 11) is 3.41. The number of benzene rings is 1. The van der Waals surface area contributed by atoms with E-state index in [4.69, 9.17) is 0 Å². The molecule has 0 aliphatic carbocycles. The third kappa shape index (κ3) is 5.50. The number of alkyl halides is 3. The molecule has 0 bridgehead atoms. The predicted octanol–water partition coefficient (Wildman–Crippen LogP) is 4.39. The molecule has 168 valence electrons. The summed E-state index contributed by atoms with van der Waals surface area (Å²) in [5.74, 6) is 0. The summed E-state index contributed by atoms with van der Waals surface area (Å²) in [5.41, 5.74) is 0.788. The molecule has 1 unspecified atom stereocenters. The molecule has 0 saturated carbocycles. The van der Waals surface area contributed by atoms with Crippen LogP contribution in [0.2, 0.25) is 0 Å². The van der Waals surface area contributed by atoms with E-state index in [0.29, 0.717) is 18.7 Å². The highest BCUT2D eigenvalue weighted by atomic mass is 32.2.